The number of nitrogens with zero attached hydrogens (tertiary/aromatic N) is 2. The van der Waals surface area contributed by atoms with Crippen molar-refractivity contribution in [3.63, 3.8) is 0 Å². The lowest BCUT2D eigenvalue weighted by Gasteiger charge is -2.05. The fourth-order valence-corrected chi connectivity index (χ4v) is 1.78. The number of nitrogen functional groups attached to an aromatic ring is 1. The van der Waals surface area contributed by atoms with Crippen molar-refractivity contribution in [1.82, 2.24) is 9.78 Å². The molecule has 5 nitrogen and oxygen atoms in total. The first-order valence-corrected chi connectivity index (χ1v) is 6.11. The van der Waals surface area contributed by atoms with Gasteiger partial charge in [0.1, 0.15) is 0 Å². The molecule has 0 aliphatic rings. The number of fused-ring (bicyclic) bond motifs is 1. The summed E-state index contributed by atoms with van der Waals surface area (Å²) in [4.78, 5) is 0. The van der Waals surface area contributed by atoms with E-state index in [-0.39, 0.29) is 6.61 Å². The predicted octanol–water partition coefficient (Wildman–Crippen LogP) is 1.65. The first-order valence-electron chi connectivity index (χ1n) is 6.11. The summed E-state index contributed by atoms with van der Waals surface area (Å²) >= 11 is 0. The third-order valence-electron chi connectivity index (χ3n) is 2.61. The van der Waals surface area contributed by atoms with Gasteiger partial charge < -0.3 is 15.6 Å². The summed E-state index contributed by atoms with van der Waals surface area (Å²) in [6.07, 6.45) is 0. The van der Waals surface area contributed by atoms with Gasteiger partial charge >= 0.3 is 0 Å². The Bertz CT molecular complexity index is 534. The van der Waals surface area contributed by atoms with Crippen LogP contribution in [0.2, 0.25) is 0 Å². The molecule has 0 radical (unpaired) electrons. The van der Waals surface area contributed by atoms with Gasteiger partial charge in [0.15, 0.2) is 0 Å². The lowest BCUT2D eigenvalue weighted by molar-refractivity contribution is 0.250. The van der Waals surface area contributed by atoms with E-state index in [4.69, 9.17) is 15.6 Å². The number of aliphatic hydroxyl groups is 1. The van der Waals surface area contributed by atoms with E-state index in [1.165, 1.54) is 0 Å². The van der Waals surface area contributed by atoms with Crippen LogP contribution in [0.15, 0.2) is 18.2 Å². The molecule has 98 valence electrons. The SMILES string of the molecule is CC(C)COc1nn(CCO)c2ccc(N)cc12. The Kier molecular flexibility index (Phi) is 3.72. The fourth-order valence-electron chi connectivity index (χ4n) is 1.78. The maximum atomic E-state index is 9.03. The first kappa shape index (κ1) is 12.7. The van der Waals surface area contributed by atoms with Gasteiger partial charge in [-0.1, -0.05) is 13.8 Å². The molecular weight excluding hydrogens is 230 g/mol. The molecule has 2 rings (SSSR count). The molecule has 2 aromatic rings. The maximum Gasteiger partial charge on any atom is 0.240 e. The third-order valence-corrected chi connectivity index (χ3v) is 2.61. The van der Waals surface area contributed by atoms with Crippen molar-refractivity contribution in [3.8, 4) is 5.88 Å². The topological polar surface area (TPSA) is 73.3 Å². The monoisotopic (exact) mass is 249 g/mol. The summed E-state index contributed by atoms with van der Waals surface area (Å²) < 4.78 is 7.43. The van der Waals surface area contributed by atoms with Crippen LogP contribution in [0.4, 0.5) is 5.69 Å². The molecule has 1 aromatic heterocycles. The Balaban J connectivity index is 2.41. The molecular formula is C13H19N3O2. The van der Waals surface area contributed by atoms with E-state index in [2.05, 4.69) is 18.9 Å². The molecule has 0 unspecified atom stereocenters. The molecule has 0 saturated heterocycles. The second-order valence-corrected chi connectivity index (χ2v) is 4.73. The summed E-state index contributed by atoms with van der Waals surface area (Å²) in [7, 11) is 0. The van der Waals surface area contributed by atoms with Gasteiger partial charge in [0.05, 0.1) is 30.7 Å². The third kappa shape index (κ3) is 2.56. The van der Waals surface area contributed by atoms with Crippen LogP contribution in [0.1, 0.15) is 13.8 Å². The van der Waals surface area contributed by atoms with Crippen molar-refractivity contribution in [2.24, 2.45) is 5.92 Å². The molecule has 0 aliphatic heterocycles. The zero-order valence-corrected chi connectivity index (χ0v) is 10.8. The number of benzene rings is 1. The van der Waals surface area contributed by atoms with Crippen LogP contribution in [-0.4, -0.2) is 28.1 Å². The van der Waals surface area contributed by atoms with Crippen LogP contribution in [0.3, 0.4) is 0 Å². The van der Waals surface area contributed by atoms with Crippen LogP contribution >= 0.6 is 0 Å². The van der Waals surface area contributed by atoms with Crippen LogP contribution < -0.4 is 10.5 Å². The summed E-state index contributed by atoms with van der Waals surface area (Å²) in [6.45, 7) is 5.28. The minimum atomic E-state index is 0.0464. The van der Waals surface area contributed by atoms with E-state index in [0.717, 1.165) is 10.9 Å². The largest absolute Gasteiger partial charge is 0.476 e. The highest BCUT2D eigenvalue weighted by molar-refractivity contribution is 5.87. The Morgan fingerprint density at radius 1 is 1.44 bits per heavy atom. The maximum absolute atomic E-state index is 9.03. The Morgan fingerprint density at radius 3 is 2.89 bits per heavy atom. The predicted molar refractivity (Wildman–Crippen MR) is 71.6 cm³/mol. The van der Waals surface area contributed by atoms with Crippen molar-refractivity contribution in [1.29, 1.82) is 0 Å². The number of aliphatic hydroxyl groups excluding tert-OH is 1. The van der Waals surface area contributed by atoms with E-state index in [1.807, 2.05) is 18.2 Å². The van der Waals surface area contributed by atoms with Gasteiger partial charge in [-0.05, 0) is 24.1 Å². The highest BCUT2D eigenvalue weighted by Crippen LogP contribution is 2.27. The van der Waals surface area contributed by atoms with Crippen LogP contribution in [0, 0.1) is 5.92 Å². The first-order chi connectivity index (χ1) is 8.61. The second kappa shape index (κ2) is 5.27. The molecule has 0 amide bonds. The minimum Gasteiger partial charge on any atom is -0.476 e. The number of nitrogens with two attached hydrogens (primary N) is 1. The molecule has 3 N–H and O–H groups in total. The number of hydrogen-bond acceptors (Lipinski definition) is 4. The fraction of sp³-hybridized carbons (Fsp3) is 0.462. The molecule has 18 heavy (non-hydrogen) atoms. The van der Waals surface area contributed by atoms with Gasteiger partial charge in [-0.25, -0.2) is 0 Å². The molecule has 0 spiro atoms. The molecule has 0 saturated carbocycles. The molecule has 1 aromatic carbocycles. The molecule has 1 heterocycles. The smallest absolute Gasteiger partial charge is 0.240 e. The summed E-state index contributed by atoms with van der Waals surface area (Å²) in [5, 5.41) is 14.3. The van der Waals surface area contributed by atoms with Crippen molar-refractivity contribution in [2.75, 3.05) is 18.9 Å². The number of aromatic nitrogens is 2. The van der Waals surface area contributed by atoms with E-state index in [1.54, 1.807) is 4.68 Å². The highest BCUT2D eigenvalue weighted by Gasteiger charge is 2.12. The molecule has 0 fully saturated rings. The lowest BCUT2D eigenvalue weighted by Crippen LogP contribution is -2.07. The molecule has 0 aliphatic carbocycles. The standard InChI is InChI=1S/C13H19N3O2/c1-9(2)8-18-13-11-7-10(14)3-4-12(11)16(15-13)5-6-17/h3-4,7,9,17H,5-6,8,14H2,1-2H3. The van der Waals surface area contributed by atoms with Gasteiger partial charge in [-0.15, -0.1) is 5.10 Å². The van der Waals surface area contributed by atoms with Gasteiger partial charge in [0.25, 0.3) is 0 Å². The normalized spacial score (nSPS) is 11.3. The number of anilines is 1. The average molecular weight is 249 g/mol. The van der Waals surface area contributed by atoms with Gasteiger partial charge in [0.2, 0.25) is 5.88 Å². The quantitative estimate of drug-likeness (QED) is 0.790. The number of ether oxygens (including phenoxy) is 1. The minimum absolute atomic E-state index is 0.0464. The average Bonchev–Trinajstić information content (AvgIpc) is 2.65. The van der Waals surface area contributed by atoms with Crippen molar-refractivity contribution < 1.29 is 9.84 Å². The van der Waals surface area contributed by atoms with Crippen LogP contribution in [-0.2, 0) is 6.54 Å². The number of hydrogen-bond donors (Lipinski definition) is 2. The van der Waals surface area contributed by atoms with Gasteiger partial charge in [0, 0.05) is 5.69 Å². The Morgan fingerprint density at radius 2 is 2.22 bits per heavy atom. The van der Waals surface area contributed by atoms with Crippen molar-refractivity contribution in [2.45, 2.75) is 20.4 Å². The molecule has 0 bridgehead atoms. The zero-order chi connectivity index (χ0) is 13.1. The van der Waals surface area contributed by atoms with Gasteiger partial charge in [-0.2, -0.15) is 0 Å². The lowest BCUT2D eigenvalue weighted by atomic mass is 10.2. The molecule has 5 heteroatoms. The van der Waals surface area contributed by atoms with Crippen molar-refractivity contribution >= 4 is 16.6 Å². The van der Waals surface area contributed by atoms with Gasteiger partial charge in [-0.3, -0.25) is 4.68 Å². The second-order valence-electron chi connectivity index (χ2n) is 4.73. The van der Waals surface area contributed by atoms with E-state index in [9.17, 15) is 0 Å². The summed E-state index contributed by atoms with van der Waals surface area (Å²) in [6, 6.07) is 5.57. The van der Waals surface area contributed by atoms with E-state index in [0.29, 0.717) is 30.6 Å². The van der Waals surface area contributed by atoms with Crippen LogP contribution in [0.5, 0.6) is 5.88 Å². The summed E-state index contributed by atoms with van der Waals surface area (Å²) in [5.41, 5.74) is 7.40. The highest BCUT2D eigenvalue weighted by atomic mass is 16.5. The number of rotatable bonds is 5. The van der Waals surface area contributed by atoms with E-state index >= 15 is 0 Å². The zero-order valence-electron chi connectivity index (χ0n) is 10.8. The van der Waals surface area contributed by atoms with Crippen LogP contribution in [0.25, 0.3) is 10.9 Å². The van der Waals surface area contributed by atoms with Crippen molar-refractivity contribution in [3.05, 3.63) is 18.2 Å². The van der Waals surface area contributed by atoms with E-state index < -0.39 is 0 Å². The molecule has 0 atom stereocenters. The summed E-state index contributed by atoms with van der Waals surface area (Å²) in [5.74, 6) is 1.02. The Labute approximate surface area is 106 Å². The Hall–Kier alpha value is -1.75.